The summed E-state index contributed by atoms with van der Waals surface area (Å²) in [6.07, 6.45) is 6.45. The molecule has 2 amide bonds. The standard InChI is InChI=1S/C23H34N2O3/c1-5-19-22(27)25(18-9-7-6-8-10-18)15-16-13-17(11-12-20(16)28-19)24-21(26)14-23(2,3)4/h11-13,18-19H,5-10,14-15H2,1-4H3,(H,24,26). The second-order valence-corrected chi connectivity index (χ2v) is 9.38. The van der Waals surface area contributed by atoms with E-state index in [-0.39, 0.29) is 17.2 Å². The molecule has 0 radical (unpaired) electrons. The molecule has 5 heteroatoms. The number of ether oxygens (including phenoxy) is 1. The van der Waals surface area contributed by atoms with Crippen LogP contribution < -0.4 is 10.1 Å². The molecule has 1 unspecified atom stereocenters. The zero-order valence-corrected chi connectivity index (χ0v) is 17.7. The van der Waals surface area contributed by atoms with Crippen molar-refractivity contribution in [3.63, 3.8) is 0 Å². The Kier molecular flexibility index (Phi) is 6.31. The second-order valence-electron chi connectivity index (χ2n) is 9.38. The minimum Gasteiger partial charge on any atom is -0.480 e. The normalized spacial score (nSPS) is 20.9. The third-order valence-corrected chi connectivity index (χ3v) is 5.59. The number of carbonyl (C=O) groups excluding carboxylic acids is 2. The van der Waals surface area contributed by atoms with Crippen LogP contribution in [-0.4, -0.2) is 28.9 Å². The lowest BCUT2D eigenvalue weighted by Gasteiger charge is -2.34. The van der Waals surface area contributed by atoms with Crippen molar-refractivity contribution < 1.29 is 14.3 Å². The molecule has 28 heavy (non-hydrogen) atoms. The first-order chi connectivity index (χ1) is 13.3. The van der Waals surface area contributed by atoms with Gasteiger partial charge in [0.2, 0.25) is 5.91 Å². The molecule has 1 atom stereocenters. The molecule has 1 saturated carbocycles. The Morgan fingerprint density at radius 2 is 1.93 bits per heavy atom. The molecule has 0 aromatic heterocycles. The number of fused-ring (bicyclic) bond motifs is 1. The van der Waals surface area contributed by atoms with Crippen LogP contribution >= 0.6 is 0 Å². The fourth-order valence-corrected chi connectivity index (χ4v) is 4.19. The third kappa shape index (κ3) is 5.06. The van der Waals surface area contributed by atoms with Crippen LogP contribution in [-0.2, 0) is 16.1 Å². The number of benzene rings is 1. The van der Waals surface area contributed by atoms with Gasteiger partial charge in [-0.05, 0) is 42.9 Å². The number of hydrogen-bond donors (Lipinski definition) is 1. The van der Waals surface area contributed by atoms with E-state index < -0.39 is 6.10 Å². The van der Waals surface area contributed by atoms with E-state index in [9.17, 15) is 9.59 Å². The van der Waals surface area contributed by atoms with E-state index >= 15 is 0 Å². The van der Waals surface area contributed by atoms with Gasteiger partial charge in [-0.2, -0.15) is 0 Å². The van der Waals surface area contributed by atoms with E-state index in [1.807, 2.05) is 30.0 Å². The first-order valence-electron chi connectivity index (χ1n) is 10.7. The van der Waals surface area contributed by atoms with E-state index in [0.29, 0.717) is 25.4 Å². The molecule has 1 fully saturated rings. The Labute approximate surface area is 168 Å². The molecule has 1 aromatic carbocycles. The number of hydrogen-bond acceptors (Lipinski definition) is 3. The van der Waals surface area contributed by atoms with Gasteiger partial charge in [-0.3, -0.25) is 9.59 Å². The van der Waals surface area contributed by atoms with Crippen molar-refractivity contribution >= 4 is 17.5 Å². The highest BCUT2D eigenvalue weighted by molar-refractivity contribution is 5.91. The van der Waals surface area contributed by atoms with Crippen molar-refractivity contribution in [3.8, 4) is 5.75 Å². The molecule has 2 aliphatic rings. The zero-order chi connectivity index (χ0) is 20.3. The van der Waals surface area contributed by atoms with Crippen LogP contribution in [0.4, 0.5) is 5.69 Å². The molecular weight excluding hydrogens is 352 g/mol. The van der Waals surface area contributed by atoms with Gasteiger partial charge in [0, 0.05) is 30.3 Å². The zero-order valence-electron chi connectivity index (χ0n) is 17.7. The van der Waals surface area contributed by atoms with E-state index in [0.717, 1.165) is 29.8 Å². The van der Waals surface area contributed by atoms with Crippen LogP contribution in [0.2, 0.25) is 0 Å². The number of rotatable bonds is 4. The van der Waals surface area contributed by atoms with E-state index in [2.05, 4.69) is 26.1 Å². The van der Waals surface area contributed by atoms with Crippen LogP contribution in [0, 0.1) is 5.41 Å². The van der Waals surface area contributed by atoms with Crippen LogP contribution in [0.3, 0.4) is 0 Å². The highest BCUT2D eigenvalue weighted by atomic mass is 16.5. The molecule has 1 N–H and O–H groups in total. The van der Waals surface area contributed by atoms with Gasteiger partial charge in [-0.1, -0.05) is 47.0 Å². The third-order valence-electron chi connectivity index (χ3n) is 5.59. The van der Waals surface area contributed by atoms with Gasteiger partial charge in [-0.15, -0.1) is 0 Å². The maximum atomic E-state index is 13.1. The summed E-state index contributed by atoms with van der Waals surface area (Å²) in [6.45, 7) is 8.70. The monoisotopic (exact) mass is 386 g/mol. The van der Waals surface area contributed by atoms with Crippen molar-refractivity contribution in [1.82, 2.24) is 4.90 Å². The van der Waals surface area contributed by atoms with Gasteiger partial charge in [0.05, 0.1) is 0 Å². The lowest BCUT2D eigenvalue weighted by Crippen LogP contribution is -2.45. The van der Waals surface area contributed by atoms with Gasteiger partial charge in [0.15, 0.2) is 6.10 Å². The van der Waals surface area contributed by atoms with Crippen LogP contribution in [0.25, 0.3) is 0 Å². The summed E-state index contributed by atoms with van der Waals surface area (Å²) in [7, 11) is 0. The number of nitrogens with zero attached hydrogens (tertiary/aromatic N) is 1. The maximum absolute atomic E-state index is 13.1. The van der Waals surface area contributed by atoms with E-state index in [1.54, 1.807) is 0 Å². The molecule has 154 valence electrons. The highest BCUT2D eigenvalue weighted by Gasteiger charge is 2.34. The highest BCUT2D eigenvalue weighted by Crippen LogP contribution is 2.33. The molecule has 0 saturated heterocycles. The van der Waals surface area contributed by atoms with Crippen molar-refractivity contribution in [1.29, 1.82) is 0 Å². The van der Waals surface area contributed by atoms with Gasteiger partial charge in [-0.25, -0.2) is 0 Å². The number of amides is 2. The largest absolute Gasteiger partial charge is 0.480 e. The number of carbonyl (C=O) groups is 2. The molecule has 3 rings (SSSR count). The van der Waals surface area contributed by atoms with Crippen LogP contribution in [0.5, 0.6) is 5.75 Å². The summed E-state index contributed by atoms with van der Waals surface area (Å²) in [5.41, 5.74) is 1.68. The Morgan fingerprint density at radius 1 is 1.21 bits per heavy atom. The summed E-state index contributed by atoms with van der Waals surface area (Å²) in [5, 5.41) is 3.00. The van der Waals surface area contributed by atoms with Crippen LogP contribution in [0.15, 0.2) is 18.2 Å². The summed E-state index contributed by atoms with van der Waals surface area (Å²) in [6, 6.07) is 6.02. The van der Waals surface area contributed by atoms with Crippen molar-refractivity contribution in [2.24, 2.45) is 5.41 Å². The predicted octanol–water partition coefficient (Wildman–Crippen LogP) is 4.89. The van der Waals surface area contributed by atoms with Crippen LogP contribution in [0.1, 0.15) is 78.2 Å². The lowest BCUT2D eigenvalue weighted by atomic mass is 9.92. The fraction of sp³-hybridized carbons (Fsp3) is 0.652. The molecule has 0 bridgehead atoms. The summed E-state index contributed by atoms with van der Waals surface area (Å²) >= 11 is 0. The summed E-state index contributed by atoms with van der Waals surface area (Å²) in [4.78, 5) is 27.4. The second kappa shape index (κ2) is 8.54. The average molecular weight is 387 g/mol. The Bertz CT molecular complexity index is 717. The molecule has 1 aliphatic heterocycles. The van der Waals surface area contributed by atoms with Crippen molar-refractivity contribution in [3.05, 3.63) is 23.8 Å². The minimum absolute atomic E-state index is 0.00800. The Morgan fingerprint density at radius 3 is 2.57 bits per heavy atom. The first-order valence-corrected chi connectivity index (χ1v) is 10.7. The smallest absolute Gasteiger partial charge is 0.264 e. The molecular formula is C23H34N2O3. The van der Waals surface area contributed by atoms with Gasteiger partial charge < -0.3 is 15.0 Å². The quantitative estimate of drug-likeness (QED) is 0.801. The molecule has 1 heterocycles. The molecule has 5 nitrogen and oxygen atoms in total. The summed E-state index contributed by atoms with van der Waals surface area (Å²) < 4.78 is 6.08. The summed E-state index contributed by atoms with van der Waals surface area (Å²) in [5.74, 6) is 0.866. The fourth-order valence-electron chi connectivity index (χ4n) is 4.19. The van der Waals surface area contributed by atoms with E-state index in [4.69, 9.17) is 4.74 Å². The predicted molar refractivity (Wildman–Crippen MR) is 111 cm³/mol. The first kappa shape index (κ1) is 20.7. The van der Waals surface area contributed by atoms with Gasteiger partial charge >= 0.3 is 0 Å². The molecule has 1 aromatic rings. The van der Waals surface area contributed by atoms with Crippen molar-refractivity contribution in [2.75, 3.05) is 5.32 Å². The Hall–Kier alpha value is -2.04. The lowest BCUT2D eigenvalue weighted by molar-refractivity contribution is -0.141. The molecule has 0 spiro atoms. The maximum Gasteiger partial charge on any atom is 0.264 e. The number of anilines is 1. The SMILES string of the molecule is CCC1Oc2ccc(NC(=O)CC(C)(C)C)cc2CN(C2CCCCC2)C1=O. The molecule has 1 aliphatic carbocycles. The topological polar surface area (TPSA) is 58.6 Å². The van der Waals surface area contributed by atoms with Crippen molar-refractivity contribution in [2.45, 2.75) is 91.3 Å². The average Bonchev–Trinajstić information content (AvgIpc) is 2.77. The Balaban J connectivity index is 1.82. The van der Waals surface area contributed by atoms with Gasteiger partial charge in [0.25, 0.3) is 5.91 Å². The van der Waals surface area contributed by atoms with Gasteiger partial charge in [0.1, 0.15) is 5.75 Å². The minimum atomic E-state index is -0.426. The number of nitrogens with one attached hydrogen (secondary N) is 1. The van der Waals surface area contributed by atoms with E-state index in [1.165, 1.54) is 19.3 Å².